The van der Waals surface area contributed by atoms with Crippen LogP contribution >= 0.6 is 22.6 Å². The second-order valence-electron chi connectivity index (χ2n) is 22.7. The highest BCUT2D eigenvalue weighted by molar-refractivity contribution is 14.1. The number of aliphatic carboxylic acids is 4. The van der Waals surface area contributed by atoms with E-state index in [1.54, 1.807) is 48.8 Å². The number of fused-ring (bicyclic) bond motifs is 1. The fourth-order valence-corrected chi connectivity index (χ4v) is 11.2. The topological polar surface area (TPSA) is 368 Å². The number of nitrogens with one attached hydrogen (secondary N) is 4. The molecular weight excluding hydrogens is 1310 g/mol. The molecule has 8 N–H and O–H groups in total. The molecule has 4 heterocycles. The number of rotatable bonds is 31. The van der Waals surface area contributed by atoms with E-state index in [1.807, 2.05) is 24.3 Å². The van der Waals surface area contributed by atoms with E-state index in [1.165, 1.54) is 12.3 Å². The number of carboxylic acid groups (broad SMARTS) is 4. The summed E-state index contributed by atoms with van der Waals surface area (Å²) in [4.78, 5) is 144. The Kier molecular flexibility index (Phi) is 28.9. The summed E-state index contributed by atoms with van der Waals surface area (Å²) in [5.74, 6) is -11.1. The lowest BCUT2D eigenvalue weighted by Crippen LogP contribution is -2.57. The molecule has 0 unspecified atom stereocenters. The molecule has 0 radical (unpaired) electrons. The first-order chi connectivity index (χ1) is 43.4. The van der Waals surface area contributed by atoms with E-state index >= 15 is 0 Å². The van der Waals surface area contributed by atoms with Crippen LogP contribution in [0.1, 0.15) is 67.3 Å². The number of halogens is 3. The number of carbonyl (C=O) groups is 10. The maximum atomic E-state index is 14.4. The van der Waals surface area contributed by atoms with E-state index in [9.17, 15) is 82.4 Å². The molecule has 0 bridgehead atoms. The Hall–Kier alpha value is -7.77. The Labute approximate surface area is 538 Å². The van der Waals surface area contributed by atoms with E-state index in [0.29, 0.717) is 68.4 Å². The van der Waals surface area contributed by atoms with Crippen molar-refractivity contribution in [3.05, 3.63) is 69.4 Å². The van der Waals surface area contributed by atoms with Crippen LogP contribution < -0.4 is 26.0 Å². The molecule has 0 spiro atoms. The quantitative estimate of drug-likeness (QED) is 0.0321. The van der Waals surface area contributed by atoms with Gasteiger partial charge in [0.05, 0.1) is 69.4 Å². The van der Waals surface area contributed by atoms with Crippen molar-refractivity contribution in [3.63, 3.8) is 0 Å². The minimum atomic E-state index is -3.21. The van der Waals surface area contributed by atoms with Crippen molar-refractivity contribution < 1.29 is 81.9 Å². The molecule has 3 fully saturated rings. The van der Waals surface area contributed by atoms with Gasteiger partial charge in [-0.3, -0.25) is 77.4 Å². The molecule has 31 heteroatoms. The van der Waals surface area contributed by atoms with Crippen LogP contribution in [0.15, 0.2) is 54.7 Å². The number of carbonyl (C=O) groups excluding carboxylic acids is 6. The van der Waals surface area contributed by atoms with Crippen molar-refractivity contribution in [2.45, 2.75) is 81.8 Å². The first kappa shape index (κ1) is 72.3. The van der Waals surface area contributed by atoms with Gasteiger partial charge in [0.1, 0.15) is 23.9 Å². The number of piperazine rings is 1. The van der Waals surface area contributed by atoms with Crippen LogP contribution in [0.4, 0.5) is 8.78 Å². The van der Waals surface area contributed by atoms with Gasteiger partial charge in [0.25, 0.3) is 11.8 Å². The zero-order valence-corrected chi connectivity index (χ0v) is 52.7. The van der Waals surface area contributed by atoms with Gasteiger partial charge in [-0.2, -0.15) is 5.26 Å². The summed E-state index contributed by atoms with van der Waals surface area (Å²) < 4.78 is 35.0. The van der Waals surface area contributed by atoms with Crippen molar-refractivity contribution in [1.29, 1.82) is 5.26 Å². The van der Waals surface area contributed by atoms with Crippen LogP contribution in [0.5, 0.6) is 5.75 Å². The van der Waals surface area contributed by atoms with Gasteiger partial charge in [0, 0.05) is 120 Å². The van der Waals surface area contributed by atoms with E-state index in [-0.39, 0.29) is 129 Å². The normalized spacial score (nSPS) is 17.9. The molecule has 2 aromatic carbocycles. The largest absolute Gasteiger partial charge is 0.494 e. The van der Waals surface area contributed by atoms with E-state index in [4.69, 9.17) is 4.74 Å². The fraction of sp³-hybridized carbons (Fsp3) is 0.567. The van der Waals surface area contributed by atoms with Crippen LogP contribution in [0.2, 0.25) is 0 Å². The molecule has 496 valence electrons. The lowest BCUT2D eigenvalue weighted by atomic mass is 10.1. The Bertz CT molecular complexity index is 3030. The maximum Gasteiger partial charge on any atom is 0.317 e. The Morgan fingerprint density at radius 3 is 1.86 bits per heavy atom. The predicted molar refractivity (Wildman–Crippen MR) is 332 cm³/mol. The van der Waals surface area contributed by atoms with Crippen LogP contribution in [0.25, 0.3) is 10.9 Å². The minimum Gasteiger partial charge on any atom is -0.494 e. The molecule has 6 rings (SSSR count). The van der Waals surface area contributed by atoms with Crippen LogP contribution in [-0.2, 0) is 49.6 Å². The number of likely N-dealkylation sites (tertiary alicyclic amines) is 1. The highest BCUT2D eigenvalue weighted by Crippen LogP contribution is 2.32. The molecule has 3 saturated heterocycles. The summed E-state index contributed by atoms with van der Waals surface area (Å²) in [6.07, 6.45) is 2.17. The molecule has 91 heavy (non-hydrogen) atoms. The highest BCUT2D eigenvalue weighted by Gasteiger charge is 2.47. The highest BCUT2D eigenvalue weighted by atomic mass is 127. The summed E-state index contributed by atoms with van der Waals surface area (Å²) in [6.45, 7) is 1.59. The first-order valence-corrected chi connectivity index (χ1v) is 31.3. The van der Waals surface area contributed by atoms with Gasteiger partial charge < -0.3 is 56.2 Å². The van der Waals surface area contributed by atoms with E-state index < -0.39 is 103 Å². The lowest BCUT2D eigenvalue weighted by molar-refractivity contribution is -0.142. The van der Waals surface area contributed by atoms with Crippen molar-refractivity contribution in [1.82, 2.24) is 60.6 Å². The molecule has 3 aromatic rings. The van der Waals surface area contributed by atoms with Gasteiger partial charge in [0.2, 0.25) is 29.5 Å². The third-order valence-electron chi connectivity index (χ3n) is 15.7. The Balaban J connectivity index is 1.03. The fourth-order valence-electron chi connectivity index (χ4n) is 10.9. The zero-order valence-electron chi connectivity index (χ0n) is 50.6. The zero-order chi connectivity index (χ0) is 66.0. The predicted octanol–water partition coefficient (Wildman–Crippen LogP) is 0.471. The van der Waals surface area contributed by atoms with Crippen LogP contribution in [0.3, 0.4) is 0 Å². The van der Waals surface area contributed by atoms with Gasteiger partial charge >= 0.3 is 23.9 Å². The summed E-state index contributed by atoms with van der Waals surface area (Å²) in [7, 11) is 0. The minimum absolute atomic E-state index is 0.00974. The number of hydrogen-bond donors (Lipinski definition) is 8. The second-order valence-corrected chi connectivity index (χ2v) is 24.0. The molecule has 3 aliphatic heterocycles. The van der Waals surface area contributed by atoms with Gasteiger partial charge in [-0.05, 0) is 103 Å². The number of amides is 6. The number of ether oxygens (including phenoxy) is 1. The molecule has 0 saturated carbocycles. The Morgan fingerprint density at radius 1 is 0.681 bits per heavy atom. The van der Waals surface area contributed by atoms with Crippen molar-refractivity contribution in [3.8, 4) is 11.8 Å². The first-order valence-electron chi connectivity index (χ1n) is 30.2. The maximum absolute atomic E-state index is 14.4. The summed E-state index contributed by atoms with van der Waals surface area (Å²) in [5, 5.41) is 58.8. The summed E-state index contributed by atoms with van der Waals surface area (Å²) >= 11 is 2.19. The second kappa shape index (κ2) is 36.3. The SMILES string of the molecule is N#C[C@@H]1CC(F)(F)CN1C(=O)CNC(=O)c1ccnc2ccc(OCCCN3CCN(C(=O)[C@H](CCCCNC(=O)CN4CCN(CC(=O)O)CCN(CC(=O)O)CCN(CC(=O)O)CC4)NC(=O)[C@H](CC(=O)O)NC(=O)CCCc4ccc(I)cc4)CC3)cc12. The molecule has 6 amide bonds. The van der Waals surface area contributed by atoms with Crippen LogP contribution in [0, 0.1) is 14.9 Å². The summed E-state index contributed by atoms with van der Waals surface area (Å²) in [6, 6.07) is 11.9. The van der Waals surface area contributed by atoms with Crippen molar-refractivity contribution in [2.24, 2.45) is 0 Å². The lowest BCUT2D eigenvalue weighted by Gasteiger charge is -2.36. The van der Waals surface area contributed by atoms with Crippen LogP contribution in [-0.4, -0.2) is 281 Å². The third-order valence-corrected chi connectivity index (χ3v) is 16.4. The van der Waals surface area contributed by atoms with E-state index in [0.717, 1.165) is 14.0 Å². The number of pyridine rings is 1. The molecular formula is C60H80F2IN13O15. The average molecular weight is 1390 g/mol. The van der Waals surface area contributed by atoms with Crippen molar-refractivity contribution >= 4 is 92.8 Å². The standard InChI is InChI=1S/C60H80F2IN13O15/c61-60(62)33-43(34-64)76(40-60)52(79)35-67-57(88)45-14-16-65-47-13-12-44(31-46(45)47)91-30-4-17-70-26-28-75(29-27-70)59(90)48(69-58(89)49(32-53(80)81)68-50(77)7-3-5-41-8-10-42(63)11-9-41)6-1-2-15-66-51(78)36-71-18-20-72(37-54(82)83)22-24-74(39-56(86)87)25-23-73(21-19-71)38-55(84)85/h8-14,16,31,43,48-49H,1-7,15,17-30,32-33,35-40H2,(H,66,78)(H,67,88)(H,68,77)(H,69,89)(H,80,81)(H,82,83)(H,84,85)(H,86,87)/t43-,48-,49-/m0/s1. The molecule has 3 aliphatic rings. The smallest absolute Gasteiger partial charge is 0.317 e. The monoisotopic (exact) mass is 1390 g/mol. The molecule has 1 aromatic heterocycles. The number of hydrogen-bond acceptors (Lipinski definition) is 18. The summed E-state index contributed by atoms with van der Waals surface area (Å²) in [5.41, 5.74) is 1.62. The molecule has 28 nitrogen and oxygen atoms in total. The number of aromatic nitrogens is 1. The number of nitrogens with zero attached hydrogens (tertiary/aromatic N) is 9. The van der Waals surface area contributed by atoms with Gasteiger partial charge in [-0.15, -0.1) is 0 Å². The number of benzene rings is 2. The average Bonchev–Trinajstić information content (AvgIpc) is 1.98. The third kappa shape index (κ3) is 25.1. The van der Waals surface area contributed by atoms with Crippen molar-refractivity contribution in [2.75, 3.05) is 138 Å². The van der Waals surface area contributed by atoms with Gasteiger partial charge in [-0.25, -0.2) is 8.78 Å². The molecule has 3 atom stereocenters. The van der Waals surface area contributed by atoms with Gasteiger partial charge in [-0.1, -0.05) is 12.1 Å². The number of aryl methyl sites for hydroxylation is 1. The number of carboxylic acids is 4. The Morgan fingerprint density at radius 2 is 1.27 bits per heavy atom. The van der Waals surface area contributed by atoms with Gasteiger partial charge in [0.15, 0.2) is 0 Å². The molecule has 0 aliphatic carbocycles. The number of unbranched alkanes of at least 4 members (excludes halogenated alkanes) is 1. The van der Waals surface area contributed by atoms with E-state index in [2.05, 4.69) is 53.7 Å². The number of nitriles is 1. The number of alkyl halides is 2.